The summed E-state index contributed by atoms with van der Waals surface area (Å²) in [7, 11) is 0. The smallest absolute Gasteiger partial charge is 0.254 e. The van der Waals surface area contributed by atoms with Gasteiger partial charge in [0.05, 0.1) is 5.69 Å². The van der Waals surface area contributed by atoms with Crippen molar-refractivity contribution in [3.05, 3.63) is 70.2 Å². The molecule has 0 spiro atoms. The van der Waals surface area contributed by atoms with E-state index in [1.807, 2.05) is 25.1 Å². The van der Waals surface area contributed by atoms with Gasteiger partial charge >= 0.3 is 0 Å². The lowest BCUT2D eigenvalue weighted by Crippen LogP contribution is -2.21. The van der Waals surface area contributed by atoms with Crippen molar-refractivity contribution in [2.45, 2.75) is 6.92 Å². The summed E-state index contributed by atoms with van der Waals surface area (Å²) in [5, 5.41) is 1.42. The minimum Gasteiger partial charge on any atom is -0.438 e. The summed E-state index contributed by atoms with van der Waals surface area (Å²) in [5.74, 6) is -0.583. The third kappa shape index (κ3) is 2.87. The van der Waals surface area contributed by atoms with E-state index in [1.165, 1.54) is 0 Å². The number of benzene rings is 2. The van der Waals surface area contributed by atoms with Gasteiger partial charge in [0.25, 0.3) is 5.91 Å². The lowest BCUT2D eigenvalue weighted by atomic mass is 10.1. The van der Waals surface area contributed by atoms with Gasteiger partial charge in [0.15, 0.2) is 0 Å². The Bertz CT molecular complexity index is 928. The molecule has 22 heavy (non-hydrogen) atoms. The molecule has 0 aliphatic carbocycles. The molecule has 0 fully saturated rings. The lowest BCUT2D eigenvalue weighted by Gasteiger charge is -2.03. The van der Waals surface area contributed by atoms with Crippen molar-refractivity contribution in [1.29, 1.82) is 0 Å². The predicted octanol–water partition coefficient (Wildman–Crippen LogP) is 3.73. The van der Waals surface area contributed by atoms with E-state index in [-0.39, 0.29) is 11.1 Å². The van der Waals surface area contributed by atoms with Gasteiger partial charge in [-0.1, -0.05) is 23.2 Å². The molecule has 2 aromatic carbocycles. The Hall–Kier alpha value is -2.59. The lowest BCUT2D eigenvalue weighted by molar-refractivity contribution is 0.0996. The summed E-state index contributed by atoms with van der Waals surface area (Å²) in [5.41, 5.74) is 8.21. The van der Waals surface area contributed by atoms with Crippen LogP contribution in [0, 0.1) is 6.92 Å². The Morgan fingerprint density at radius 2 is 1.86 bits per heavy atom. The molecular weight excluding hydrogens is 300 g/mol. The first-order chi connectivity index (χ1) is 10.5. The van der Waals surface area contributed by atoms with E-state index in [0.29, 0.717) is 16.3 Å². The number of carbonyl (C=O) groups excluding carboxylic acids is 1. The van der Waals surface area contributed by atoms with Gasteiger partial charge in [-0.25, -0.2) is 4.99 Å². The van der Waals surface area contributed by atoms with Gasteiger partial charge in [0, 0.05) is 10.4 Å². The molecule has 0 atom stereocenters. The quantitative estimate of drug-likeness (QED) is 0.783. The van der Waals surface area contributed by atoms with Crippen molar-refractivity contribution in [3.63, 3.8) is 0 Å². The van der Waals surface area contributed by atoms with Gasteiger partial charge in [0.2, 0.25) is 5.55 Å². The van der Waals surface area contributed by atoms with Crippen LogP contribution >= 0.6 is 11.6 Å². The number of hydrogen-bond acceptors (Lipinski definition) is 3. The van der Waals surface area contributed by atoms with Gasteiger partial charge in [-0.3, -0.25) is 4.79 Å². The number of aryl methyl sites for hydroxylation is 1. The van der Waals surface area contributed by atoms with E-state index in [2.05, 4.69) is 4.99 Å². The second-order valence-corrected chi connectivity index (χ2v) is 5.40. The minimum absolute atomic E-state index is 0.186. The molecule has 5 heteroatoms. The maximum Gasteiger partial charge on any atom is 0.254 e. The Morgan fingerprint density at radius 1 is 1.14 bits per heavy atom. The molecule has 0 unspecified atom stereocenters. The standard InChI is InChI=1S/C17H13ClN2O2/c1-10-2-7-15-11(8-10)9-14(16(19)21)17(22-15)20-13-5-3-12(18)4-6-13/h2-9H,1H3,(H2,19,21). The summed E-state index contributed by atoms with van der Waals surface area (Å²) >= 11 is 5.85. The van der Waals surface area contributed by atoms with Gasteiger partial charge in [-0.05, 0) is 49.4 Å². The van der Waals surface area contributed by atoms with Crippen molar-refractivity contribution in [3.8, 4) is 0 Å². The van der Waals surface area contributed by atoms with E-state index in [9.17, 15) is 4.79 Å². The fourth-order valence-electron chi connectivity index (χ4n) is 2.14. The molecule has 1 aromatic heterocycles. The number of nitrogens with zero attached hydrogens (tertiary/aromatic N) is 1. The highest BCUT2D eigenvalue weighted by Crippen LogP contribution is 2.18. The van der Waals surface area contributed by atoms with Crippen molar-refractivity contribution in [2.24, 2.45) is 10.7 Å². The summed E-state index contributed by atoms with van der Waals surface area (Å²) in [6, 6.07) is 14.3. The highest BCUT2D eigenvalue weighted by Gasteiger charge is 2.09. The van der Waals surface area contributed by atoms with Crippen LogP contribution in [0.3, 0.4) is 0 Å². The van der Waals surface area contributed by atoms with E-state index in [1.54, 1.807) is 30.3 Å². The van der Waals surface area contributed by atoms with Crippen LogP contribution < -0.4 is 11.3 Å². The van der Waals surface area contributed by atoms with Gasteiger partial charge in [-0.15, -0.1) is 0 Å². The molecule has 3 rings (SSSR count). The van der Waals surface area contributed by atoms with Crippen LogP contribution in [0.4, 0.5) is 5.69 Å². The molecule has 0 bridgehead atoms. The molecule has 1 heterocycles. The fraction of sp³-hybridized carbons (Fsp3) is 0.0588. The van der Waals surface area contributed by atoms with Crippen LogP contribution in [0.5, 0.6) is 0 Å². The molecule has 110 valence electrons. The zero-order chi connectivity index (χ0) is 15.7. The van der Waals surface area contributed by atoms with Crippen LogP contribution in [-0.4, -0.2) is 5.91 Å². The summed E-state index contributed by atoms with van der Waals surface area (Å²) in [4.78, 5) is 16.0. The number of rotatable bonds is 2. The summed E-state index contributed by atoms with van der Waals surface area (Å²) < 4.78 is 5.74. The highest BCUT2D eigenvalue weighted by molar-refractivity contribution is 6.30. The number of nitrogens with two attached hydrogens (primary N) is 1. The Morgan fingerprint density at radius 3 is 2.55 bits per heavy atom. The fourth-order valence-corrected chi connectivity index (χ4v) is 2.27. The van der Waals surface area contributed by atoms with Crippen molar-refractivity contribution in [2.75, 3.05) is 0 Å². The molecule has 0 radical (unpaired) electrons. The largest absolute Gasteiger partial charge is 0.438 e. The van der Waals surface area contributed by atoms with Crippen molar-refractivity contribution < 1.29 is 9.21 Å². The summed E-state index contributed by atoms with van der Waals surface area (Å²) in [6.07, 6.45) is 0. The SMILES string of the molecule is Cc1ccc2oc(=Nc3ccc(Cl)cc3)c(C(N)=O)cc2c1. The second kappa shape index (κ2) is 5.66. The first-order valence-corrected chi connectivity index (χ1v) is 7.05. The number of amides is 1. The number of fused-ring (bicyclic) bond motifs is 1. The number of halogens is 1. The molecule has 4 nitrogen and oxygen atoms in total. The number of carbonyl (C=O) groups is 1. The van der Waals surface area contributed by atoms with E-state index in [4.69, 9.17) is 21.8 Å². The zero-order valence-electron chi connectivity index (χ0n) is 11.8. The molecule has 3 aromatic rings. The van der Waals surface area contributed by atoms with Crippen LogP contribution in [0.25, 0.3) is 11.0 Å². The molecule has 1 amide bonds. The van der Waals surface area contributed by atoms with Crippen LogP contribution in [0.15, 0.2) is 57.9 Å². The zero-order valence-corrected chi connectivity index (χ0v) is 12.6. The highest BCUT2D eigenvalue weighted by atomic mass is 35.5. The van der Waals surface area contributed by atoms with Crippen LogP contribution in [-0.2, 0) is 0 Å². The van der Waals surface area contributed by atoms with E-state index >= 15 is 0 Å². The van der Waals surface area contributed by atoms with Crippen molar-refractivity contribution in [1.82, 2.24) is 0 Å². The Balaban J connectivity index is 2.27. The molecule has 0 saturated heterocycles. The number of primary amides is 1. The van der Waals surface area contributed by atoms with Crippen LogP contribution in [0.2, 0.25) is 5.02 Å². The third-order valence-corrected chi connectivity index (χ3v) is 3.48. The monoisotopic (exact) mass is 312 g/mol. The number of hydrogen-bond donors (Lipinski definition) is 1. The van der Waals surface area contributed by atoms with Gasteiger partial charge in [-0.2, -0.15) is 0 Å². The second-order valence-electron chi connectivity index (χ2n) is 4.96. The first kappa shape index (κ1) is 14.4. The topological polar surface area (TPSA) is 68.6 Å². The van der Waals surface area contributed by atoms with Gasteiger partial charge < -0.3 is 10.2 Å². The minimum atomic E-state index is -0.583. The summed E-state index contributed by atoms with van der Waals surface area (Å²) in [6.45, 7) is 1.97. The molecule has 0 aliphatic rings. The van der Waals surface area contributed by atoms with E-state index < -0.39 is 5.91 Å². The maximum absolute atomic E-state index is 11.7. The molecule has 2 N–H and O–H groups in total. The maximum atomic E-state index is 11.7. The average Bonchev–Trinajstić information content (AvgIpc) is 2.49. The first-order valence-electron chi connectivity index (χ1n) is 6.67. The van der Waals surface area contributed by atoms with Crippen molar-refractivity contribution >= 4 is 34.2 Å². The normalized spacial score (nSPS) is 11.8. The predicted molar refractivity (Wildman–Crippen MR) is 86.1 cm³/mol. The third-order valence-electron chi connectivity index (χ3n) is 3.22. The Labute approximate surface area is 131 Å². The van der Waals surface area contributed by atoms with Crippen LogP contribution in [0.1, 0.15) is 15.9 Å². The Kier molecular flexibility index (Phi) is 3.69. The average molecular weight is 313 g/mol. The van der Waals surface area contributed by atoms with Gasteiger partial charge in [0.1, 0.15) is 11.1 Å². The molecule has 0 saturated carbocycles. The molecule has 0 aliphatic heterocycles. The molecular formula is C17H13ClN2O2. The van der Waals surface area contributed by atoms with E-state index in [0.717, 1.165) is 10.9 Å².